The van der Waals surface area contributed by atoms with Crippen molar-refractivity contribution in [3.05, 3.63) is 43.0 Å². The normalized spacial score (nSPS) is 12.0. The second-order valence-electron chi connectivity index (χ2n) is 7.42. The number of rotatable bonds is 9. The molecule has 0 aliphatic heterocycles. The van der Waals surface area contributed by atoms with Gasteiger partial charge in [-0.05, 0) is 38.5 Å². The molecule has 0 aliphatic carbocycles. The van der Waals surface area contributed by atoms with Crippen molar-refractivity contribution in [1.82, 2.24) is 9.38 Å². The summed E-state index contributed by atoms with van der Waals surface area (Å²) in [7, 11) is 0. The summed E-state index contributed by atoms with van der Waals surface area (Å²) in [5.41, 5.74) is 2.90. The summed E-state index contributed by atoms with van der Waals surface area (Å²) < 4.78 is 7.40. The van der Waals surface area contributed by atoms with Crippen LogP contribution in [0.25, 0.3) is 16.9 Å². The molecule has 0 fully saturated rings. The number of pyridine rings is 1. The van der Waals surface area contributed by atoms with Crippen LogP contribution in [0.3, 0.4) is 0 Å². The summed E-state index contributed by atoms with van der Waals surface area (Å²) in [4.78, 5) is 4.80. The highest BCUT2D eigenvalue weighted by atomic mass is 16.3. The largest absolute Gasteiger partial charge is 0.472 e. The van der Waals surface area contributed by atoms with Crippen molar-refractivity contribution >= 4 is 11.5 Å². The van der Waals surface area contributed by atoms with Crippen molar-refractivity contribution in [2.24, 2.45) is 0 Å². The molecule has 0 atom stereocenters. The van der Waals surface area contributed by atoms with E-state index in [2.05, 4.69) is 36.7 Å². The molecule has 25 heavy (non-hydrogen) atoms. The molecule has 134 valence electrons. The summed E-state index contributed by atoms with van der Waals surface area (Å²) in [6, 6.07) is 8.05. The van der Waals surface area contributed by atoms with Gasteiger partial charge in [0.15, 0.2) is 0 Å². The summed E-state index contributed by atoms with van der Waals surface area (Å²) in [5, 5.41) is 3.75. The Bertz CT molecular complexity index is 787. The number of unbranched alkanes of at least 4 members (excludes halogenated alkanes) is 4. The second-order valence-corrected chi connectivity index (χ2v) is 7.42. The maximum absolute atomic E-state index is 5.28. The lowest BCUT2D eigenvalue weighted by Crippen LogP contribution is -2.31. The van der Waals surface area contributed by atoms with E-state index < -0.39 is 0 Å². The minimum Gasteiger partial charge on any atom is -0.472 e. The predicted octanol–water partition coefficient (Wildman–Crippen LogP) is 6.15. The van der Waals surface area contributed by atoms with Gasteiger partial charge in [-0.3, -0.25) is 4.40 Å². The number of hydrogen-bond acceptors (Lipinski definition) is 3. The highest BCUT2D eigenvalue weighted by molar-refractivity contribution is 5.76. The number of furan rings is 1. The first-order valence-corrected chi connectivity index (χ1v) is 9.38. The van der Waals surface area contributed by atoms with Crippen LogP contribution < -0.4 is 5.32 Å². The average Bonchev–Trinajstić information content (AvgIpc) is 3.23. The molecule has 0 unspecified atom stereocenters. The van der Waals surface area contributed by atoms with Gasteiger partial charge in [-0.15, -0.1) is 0 Å². The maximum Gasteiger partial charge on any atom is 0.139 e. The van der Waals surface area contributed by atoms with Crippen LogP contribution in [0.2, 0.25) is 0 Å². The number of imidazole rings is 1. The Labute approximate surface area is 150 Å². The van der Waals surface area contributed by atoms with Gasteiger partial charge in [0.1, 0.15) is 17.2 Å². The van der Waals surface area contributed by atoms with Crippen LogP contribution in [-0.4, -0.2) is 14.9 Å². The molecule has 0 aliphatic rings. The Morgan fingerprint density at radius 2 is 1.96 bits per heavy atom. The number of aromatic nitrogens is 2. The minimum absolute atomic E-state index is 0.0104. The van der Waals surface area contributed by atoms with E-state index in [0.717, 1.165) is 29.1 Å². The van der Waals surface area contributed by atoms with E-state index in [4.69, 9.17) is 9.40 Å². The van der Waals surface area contributed by atoms with E-state index in [-0.39, 0.29) is 5.54 Å². The SMILES string of the molecule is CCCCCCCC(C)(C)Nc1c(-c2ccoc2)nc2ccccn12. The smallest absolute Gasteiger partial charge is 0.139 e. The average molecular weight is 339 g/mol. The van der Waals surface area contributed by atoms with Gasteiger partial charge < -0.3 is 9.73 Å². The van der Waals surface area contributed by atoms with Crippen molar-refractivity contribution in [2.75, 3.05) is 5.32 Å². The predicted molar refractivity (Wildman–Crippen MR) is 104 cm³/mol. The lowest BCUT2D eigenvalue weighted by molar-refractivity contribution is 0.473. The van der Waals surface area contributed by atoms with Gasteiger partial charge in [-0.2, -0.15) is 0 Å². The fourth-order valence-electron chi connectivity index (χ4n) is 3.27. The highest BCUT2D eigenvalue weighted by Crippen LogP contribution is 2.32. The summed E-state index contributed by atoms with van der Waals surface area (Å²) in [6.45, 7) is 6.80. The van der Waals surface area contributed by atoms with Crippen molar-refractivity contribution < 1.29 is 4.42 Å². The van der Waals surface area contributed by atoms with Crippen molar-refractivity contribution in [1.29, 1.82) is 0 Å². The van der Waals surface area contributed by atoms with Gasteiger partial charge in [-0.1, -0.05) is 45.1 Å². The Morgan fingerprint density at radius 1 is 1.12 bits per heavy atom. The van der Waals surface area contributed by atoms with Crippen molar-refractivity contribution in [2.45, 2.75) is 64.8 Å². The molecule has 3 aromatic rings. The van der Waals surface area contributed by atoms with Crippen LogP contribution in [0, 0.1) is 0 Å². The van der Waals surface area contributed by atoms with Crippen LogP contribution in [0.5, 0.6) is 0 Å². The van der Waals surface area contributed by atoms with Gasteiger partial charge in [0.25, 0.3) is 0 Å². The maximum atomic E-state index is 5.28. The molecule has 3 heterocycles. The van der Waals surface area contributed by atoms with E-state index in [9.17, 15) is 0 Å². The van der Waals surface area contributed by atoms with Crippen LogP contribution in [0.4, 0.5) is 5.82 Å². The number of anilines is 1. The molecule has 3 rings (SSSR count). The lowest BCUT2D eigenvalue weighted by Gasteiger charge is -2.28. The van der Waals surface area contributed by atoms with E-state index in [1.54, 1.807) is 12.5 Å². The zero-order valence-electron chi connectivity index (χ0n) is 15.6. The quantitative estimate of drug-likeness (QED) is 0.476. The molecule has 0 saturated carbocycles. The molecule has 0 spiro atoms. The second kappa shape index (κ2) is 7.77. The molecule has 0 bridgehead atoms. The fraction of sp³-hybridized carbons (Fsp3) is 0.476. The van der Waals surface area contributed by atoms with E-state index >= 15 is 0 Å². The van der Waals surface area contributed by atoms with Crippen molar-refractivity contribution in [3.8, 4) is 11.3 Å². The molecular formula is C21H29N3O. The molecule has 4 heteroatoms. The topological polar surface area (TPSA) is 42.5 Å². The monoisotopic (exact) mass is 339 g/mol. The van der Waals surface area contributed by atoms with Gasteiger partial charge >= 0.3 is 0 Å². The minimum atomic E-state index is 0.0104. The zero-order valence-corrected chi connectivity index (χ0v) is 15.6. The Kier molecular flexibility index (Phi) is 5.47. The summed E-state index contributed by atoms with van der Waals surface area (Å²) in [5.74, 6) is 1.04. The number of nitrogens with zero attached hydrogens (tertiary/aromatic N) is 2. The summed E-state index contributed by atoms with van der Waals surface area (Å²) in [6.07, 6.45) is 13.2. The number of fused-ring (bicyclic) bond motifs is 1. The first-order valence-electron chi connectivity index (χ1n) is 9.38. The Balaban J connectivity index is 1.81. The fourth-order valence-corrected chi connectivity index (χ4v) is 3.27. The van der Waals surface area contributed by atoms with Gasteiger partial charge in [0.2, 0.25) is 0 Å². The number of hydrogen-bond donors (Lipinski definition) is 1. The Morgan fingerprint density at radius 3 is 2.72 bits per heavy atom. The van der Waals surface area contributed by atoms with Crippen LogP contribution >= 0.6 is 0 Å². The first-order chi connectivity index (χ1) is 12.1. The van der Waals surface area contributed by atoms with Gasteiger partial charge in [-0.25, -0.2) is 4.98 Å². The molecule has 3 aromatic heterocycles. The Hall–Kier alpha value is -2.23. The molecule has 0 amide bonds. The molecule has 1 N–H and O–H groups in total. The standard InChI is InChI=1S/C21H29N3O/c1-4-5-6-7-9-13-21(2,3)23-20-19(17-12-15-25-16-17)22-18-11-8-10-14-24(18)20/h8,10-12,14-16,23H,4-7,9,13H2,1-3H3. The van der Waals surface area contributed by atoms with Crippen LogP contribution in [-0.2, 0) is 0 Å². The zero-order chi connectivity index (χ0) is 17.7. The van der Waals surface area contributed by atoms with Gasteiger partial charge in [0.05, 0.1) is 12.5 Å². The molecule has 0 saturated heterocycles. The first kappa shape index (κ1) is 17.6. The molecule has 0 aromatic carbocycles. The third kappa shape index (κ3) is 4.25. The third-order valence-corrected chi connectivity index (χ3v) is 4.69. The molecule has 0 radical (unpaired) electrons. The van der Waals surface area contributed by atoms with Crippen molar-refractivity contribution in [3.63, 3.8) is 0 Å². The molecule has 4 nitrogen and oxygen atoms in total. The summed E-state index contributed by atoms with van der Waals surface area (Å²) >= 11 is 0. The lowest BCUT2D eigenvalue weighted by atomic mass is 9.96. The van der Waals surface area contributed by atoms with Crippen LogP contribution in [0.15, 0.2) is 47.4 Å². The highest BCUT2D eigenvalue weighted by Gasteiger charge is 2.22. The van der Waals surface area contributed by atoms with E-state index in [1.807, 2.05) is 24.3 Å². The number of nitrogens with one attached hydrogen (secondary N) is 1. The van der Waals surface area contributed by atoms with Gasteiger partial charge in [0, 0.05) is 17.3 Å². The van der Waals surface area contributed by atoms with Crippen LogP contribution in [0.1, 0.15) is 59.3 Å². The third-order valence-electron chi connectivity index (χ3n) is 4.69. The molecular weight excluding hydrogens is 310 g/mol. The van der Waals surface area contributed by atoms with E-state index in [0.29, 0.717) is 0 Å². The van der Waals surface area contributed by atoms with E-state index in [1.165, 1.54) is 32.1 Å².